The molecule has 0 aliphatic carbocycles. The summed E-state index contributed by atoms with van der Waals surface area (Å²) >= 11 is 4.08. The molecule has 92 valence electrons. The maximum atomic E-state index is 12.0. The summed E-state index contributed by atoms with van der Waals surface area (Å²) in [6.07, 6.45) is 1.65. The Labute approximate surface area is 101 Å². The van der Waals surface area contributed by atoms with E-state index in [1.165, 1.54) is 6.92 Å². The van der Waals surface area contributed by atoms with Gasteiger partial charge in [0.15, 0.2) is 0 Å². The van der Waals surface area contributed by atoms with Crippen LogP contribution in [-0.2, 0) is 9.59 Å². The van der Waals surface area contributed by atoms with Crippen molar-refractivity contribution in [1.82, 2.24) is 10.2 Å². The summed E-state index contributed by atoms with van der Waals surface area (Å²) < 4.78 is 0. The average molecular weight is 245 g/mol. The lowest BCUT2D eigenvalue weighted by Gasteiger charge is -2.32. The Balaban J connectivity index is 2.51. The first-order chi connectivity index (χ1) is 7.54. The predicted molar refractivity (Wildman–Crippen MR) is 65.2 cm³/mol. The summed E-state index contributed by atoms with van der Waals surface area (Å²) in [5.41, 5.74) is 5.76. The van der Waals surface area contributed by atoms with Gasteiger partial charge in [0.25, 0.3) is 0 Å². The van der Waals surface area contributed by atoms with Crippen molar-refractivity contribution < 1.29 is 9.59 Å². The highest BCUT2D eigenvalue weighted by Crippen LogP contribution is 2.10. The molecule has 1 unspecified atom stereocenters. The average Bonchev–Trinajstić information content (AvgIpc) is 2.25. The molecule has 1 aliphatic rings. The first kappa shape index (κ1) is 13.3. The molecule has 2 amide bonds. The SMILES string of the molecule is CC(=O)NC(CS)C(=O)N1CCC(N)CC1. The van der Waals surface area contributed by atoms with Crippen LogP contribution >= 0.6 is 12.6 Å². The van der Waals surface area contributed by atoms with E-state index in [9.17, 15) is 9.59 Å². The van der Waals surface area contributed by atoms with Gasteiger partial charge in [0.1, 0.15) is 6.04 Å². The molecule has 5 nitrogen and oxygen atoms in total. The Morgan fingerprint density at radius 1 is 1.50 bits per heavy atom. The standard InChI is InChI=1S/C10H19N3O2S/c1-7(14)12-9(6-16)10(15)13-4-2-8(11)3-5-13/h8-9,16H,2-6,11H2,1H3,(H,12,14). The molecule has 1 heterocycles. The number of hydrogen-bond acceptors (Lipinski definition) is 4. The highest BCUT2D eigenvalue weighted by molar-refractivity contribution is 7.80. The van der Waals surface area contributed by atoms with Gasteiger partial charge in [-0.05, 0) is 12.8 Å². The van der Waals surface area contributed by atoms with Gasteiger partial charge in [0.05, 0.1) is 0 Å². The van der Waals surface area contributed by atoms with E-state index in [0.29, 0.717) is 18.8 Å². The molecule has 0 aromatic carbocycles. The number of carbonyl (C=O) groups is 2. The lowest BCUT2D eigenvalue weighted by atomic mass is 10.1. The smallest absolute Gasteiger partial charge is 0.245 e. The van der Waals surface area contributed by atoms with Gasteiger partial charge in [0, 0.05) is 31.8 Å². The minimum atomic E-state index is -0.518. The van der Waals surface area contributed by atoms with Crippen molar-refractivity contribution in [3.8, 4) is 0 Å². The third-order valence-electron chi connectivity index (χ3n) is 2.71. The van der Waals surface area contributed by atoms with Crippen LogP contribution in [-0.4, -0.2) is 47.6 Å². The van der Waals surface area contributed by atoms with Crippen molar-refractivity contribution in [2.75, 3.05) is 18.8 Å². The molecule has 6 heteroatoms. The number of piperidine rings is 1. The topological polar surface area (TPSA) is 75.4 Å². The number of likely N-dealkylation sites (tertiary alicyclic amines) is 1. The van der Waals surface area contributed by atoms with Gasteiger partial charge < -0.3 is 16.0 Å². The molecule has 1 rings (SSSR count). The van der Waals surface area contributed by atoms with Crippen LogP contribution < -0.4 is 11.1 Å². The first-order valence-electron chi connectivity index (χ1n) is 5.47. The van der Waals surface area contributed by atoms with Gasteiger partial charge in [0.2, 0.25) is 11.8 Å². The van der Waals surface area contributed by atoms with Crippen LogP contribution in [0, 0.1) is 0 Å². The van der Waals surface area contributed by atoms with Crippen LogP contribution in [0.2, 0.25) is 0 Å². The number of rotatable bonds is 3. The van der Waals surface area contributed by atoms with Gasteiger partial charge in [-0.25, -0.2) is 0 Å². The lowest BCUT2D eigenvalue weighted by Crippen LogP contribution is -2.52. The molecule has 0 bridgehead atoms. The van der Waals surface area contributed by atoms with Crippen LogP contribution in [0.15, 0.2) is 0 Å². The van der Waals surface area contributed by atoms with Gasteiger partial charge in [-0.1, -0.05) is 0 Å². The van der Waals surface area contributed by atoms with Crippen LogP contribution in [0.5, 0.6) is 0 Å². The molecule has 0 aromatic heterocycles. The Kier molecular flexibility index (Phi) is 5.08. The molecule has 3 N–H and O–H groups in total. The van der Waals surface area contributed by atoms with E-state index < -0.39 is 6.04 Å². The monoisotopic (exact) mass is 245 g/mol. The predicted octanol–water partition coefficient (Wildman–Crippen LogP) is -0.629. The number of amides is 2. The zero-order chi connectivity index (χ0) is 12.1. The summed E-state index contributed by atoms with van der Waals surface area (Å²) in [6.45, 7) is 2.74. The summed E-state index contributed by atoms with van der Waals surface area (Å²) in [4.78, 5) is 24.7. The van der Waals surface area contributed by atoms with Gasteiger partial charge >= 0.3 is 0 Å². The molecule has 1 fully saturated rings. The fourth-order valence-electron chi connectivity index (χ4n) is 1.77. The number of nitrogens with one attached hydrogen (secondary N) is 1. The van der Waals surface area contributed by atoms with E-state index in [4.69, 9.17) is 5.73 Å². The van der Waals surface area contributed by atoms with Crippen LogP contribution in [0.1, 0.15) is 19.8 Å². The molecule has 1 atom stereocenters. The molecule has 0 spiro atoms. The molecular formula is C10H19N3O2S. The molecule has 0 aromatic rings. The highest BCUT2D eigenvalue weighted by Gasteiger charge is 2.26. The zero-order valence-electron chi connectivity index (χ0n) is 9.48. The van der Waals surface area contributed by atoms with Crippen molar-refractivity contribution in [2.45, 2.75) is 31.8 Å². The second-order valence-corrected chi connectivity index (χ2v) is 4.46. The first-order valence-corrected chi connectivity index (χ1v) is 6.10. The summed E-state index contributed by atoms with van der Waals surface area (Å²) in [7, 11) is 0. The molecule has 0 saturated carbocycles. The summed E-state index contributed by atoms with van der Waals surface area (Å²) in [6, 6.07) is -0.325. The van der Waals surface area contributed by atoms with Crippen molar-refractivity contribution in [2.24, 2.45) is 5.73 Å². The summed E-state index contributed by atoms with van der Waals surface area (Å²) in [5.74, 6) is 0.0549. The second-order valence-electron chi connectivity index (χ2n) is 4.10. The quantitative estimate of drug-likeness (QED) is 0.580. The van der Waals surface area contributed by atoms with E-state index in [1.807, 2.05) is 0 Å². The Hall–Kier alpha value is -0.750. The zero-order valence-corrected chi connectivity index (χ0v) is 10.4. The molecule has 1 aliphatic heterocycles. The van der Waals surface area contributed by atoms with E-state index >= 15 is 0 Å². The fraction of sp³-hybridized carbons (Fsp3) is 0.800. The second kappa shape index (κ2) is 6.10. The molecule has 0 radical (unpaired) electrons. The van der Waals surface area contributed by atoms with Crippen molar-refractivity contribution in [1.29, 1.82) is 0 Å². The number of nitrogens with two attached hydrogens (primary N) is 1. The van der Waals surface area contributed by atoms with Crippen LogP contribution in [0.3, 0.4) is 0 Å². The Bertz CT molecular complexity index is 265. The normalized spacial score (nSPS) is 19.3. The third kappa shape index (κ3) is 3.68. The van der Waals surface area contributed by atoms with Crippen LogP contribution in [0.25, 0.3) is 0 Å². The number of thiol groups is 1. The lowest BCUT2D eigenvalue weighted by molar-refractivity contribution is -0.136. The Morgan fingerprint density at radius 3 is 2.50 bits per heavy atom. The van der Waals surface area contributed by atoms with Gasteiger partial charge in [-0.3, -0.25) is 9.59 Å². The number of nitrogens with zero attached hydrogens (tertiary/aromatic N) is 1. The minimum absolute atomic E-state index is 0.0582. The maximum absolute atomic E-state index is 12.0. The van der Waals surface area contributed by atoms with E-state index in [-0.39, 0.29) is 17.9 Å². The largest absolute Gasteiger partial charge is 0.344 e. The van der Waals surface area contributed by atoms with Crippen molar-refractivity contribution in [3.05, 3.63) is 0 Å². The number of hydrogen-bond donors (Lipinski definition) is 3. The molecule has 1 saturated heterocycles. The number of carbonyl (C=O) groups excluding carboxylic acids is 2. The van der Waals surface area contributed by atoms with Gasteiger partial charge in [-0.2, -0.15) is 12.6 Å². The fourth-order valence-corrected chi connectivity index (χ4v) is 2.02. The Morgan fingerprint density at radius 2 is 2.06 bits per heavy atom. The van der Waals surface area contributed by atoms with E-state index in [0.717, 1.165) is 12.8 Å². The van der Waals surface area contributed by atoms with Crippen molar-refractivity contribution in [3.63, 3.8) is 0 Å². The van der Waals surface area contributed by atoms with Crippen molar-refractivity contribution >= 4 is 24.4 Å². The van der Waals surface area contributed by atoms with Crippen LogP contribution in [0.4, 0.5) is 0 Å². The maximum Gasteiger partial charge on any atom is 0.245 e. The van der Waals surface area contributed by atoms with E-state index in [1.54, 1.807) is 4.90 Å². The van der Waals surface area contributed by atoms with E-state index in [2.05, 4.69) is 17.9 Å². The third-order valence-corrected chi connectivity index (χ3v) is 3.07. The molecule has 16 heavy (non-hydrogen) atoms. The van der Waals surface area contributed by atoms with Gasteiger partial charge in [-0.15, -0.1) is 0 Å². The highest BCUT2D eigenvalue weighted by atomic mass is 32.1. The minimum Gasteiger partial charge on any atom is -0.344 e. The summed E-state index contributed by atoms with van der Waals surface area (Å²) in [5, 5.41) is 2.60. The molecular weight excluding hydrogens is 226 g/mol.